The van der Waals surface area contributed by atoms with E-state index in [1.54, 1.807) is 62.4 Å². The van der Waals surface area contributed by atoms with Gasteiger partial charge in [0.1, 0.15) is 13.6 Å². The molecule has 0 N–H and O–H groups in total. The molecule has 4 atom stereocenters. The minimum absolute atomic E-state index is 0.0998. The molecule has 2 aromatic rings. The van der Waals surface area contributed by atoms with Gasteiger partial charge < -0.3 is 37.9 Å². The van der Waals surface area contributed by atoms with Crippen LogP contribution in [0.4, 0.5) is 0 Å². The number of rotatable bonds is 13. The number of esters is 4. The Hall–Kier alpha value is -4.50. The number of hydrogen-bond donors (Lipinski definition) is 0. The normalized spacial score (nSPS) is 20.9. The SMILES string of the molecule is CCOC(=O)C1OCOC1C(=O)OCC(=O)c1ccc(-c2ccc(C(=O)COC(=O)C3OCOC3C(=O)OCC)cc2)cc1. The molecule has 2 aliphatic rings. The van der Waals surface area contributed by atoms with Gasteiger partial charge in [-0.2, -0.15) is 0 Å². The molecule has 2 aliphatic heterocycles. The van der Waals surface area contributed by atoms with Crippen molar-refractivity contribution in [2.75, 3.05) is 40.0 Å². The summed E-state index contributed by atoms with van der Waals surface area (Å²) in [4.78, 5) is 73.6. The quantitative estimate of drug-likeness (QED) is 0.180. The zero-order chi connectivity index (χ0) is 31.6. The van der Waals surface area contributed by atoms with Gasteiger partial charge in [-0.25, -0.2) is 19.2 Å². The maximum absolute atomic E-state index is 12.6. The molecular formula is C30H30O14. The van der Waals surface area contributed by atoms with E-state index >= 15 is 0 Å². The lowest BCUT2D eigenvalue weighted by molar-refractivity contribution is -0.162. The number of ketones is 2. The summed E-state index contributed by atoms with van der Waals surface area (Å²) in [7, 11) is 0. The first-order valence-electron chi connectivity index (χ1n) is 13.6. The molecular weight excluding hydrogens is 584 g/mol. The Balaban J connectivity index is 1.26. The van der Waals surface area contributed by atoms with Crippen molar-refractivity contribution in [1.29, 1.82) is 0 Å². The topological polar surface area (TPSA) is 176 Å². The van der Waals surface area contributed by atoms with Crippen molar-refractivity contribution in [2.24, 2.45) is 0 Å². The highest BCUT2D eigenvalue weighted by Gasteiger charge is 2.44. The largest absolute Gasteiger partial charge is 0.464 e. The first-order chi connectivity index (χ1) is 21.2. The van der Waals surface area contributed by atoms with Gasteiger partial charge in [-0.15, -0.1) is 0 Å². The van der Waals surface area contributed by atoms with Crippen LogP contribution in [0, 0.1) is 0 Å². The van der Waals surface area contributed by atoms with Crippen molar-refractivity contribution in [3.8, 4) is 11.1 Å². The van der Waals surface area contributed by atoms with E-state index in [-0.39, 0.29) is 37.9 Å². The molecule has 2 heterocycles. The molecule has 0 bridgehead atoms. The Kier molecular flexibility index (Phi) is 11.3. The third kappa shape index (κ3) is 7.90. The van der Waals surface area contributed by atoms with Crippen LogP contribution < -0.4 is 0 Å². The first kappa shape index (κ1) is 32.4. The van der Waals surface area contributed by atoms with Gasteiger partial charge in [-0.05, 0) is 25.0 Å². The molecule has 0 aliphatic carbocycles. The van der Waals surface area contributed by atoms with Gasteiger partial charge in [-0.3, -0.25) is 9.59 Å². The summed E-state index contributed by atoms with van der Waals surface area (Å²) in [6, 6.07) is 12.9. The van der Waals surface area contributed by atoms with Crippen molar-refractivity contribution < 1.29 is 66.7 Å². The second-order valence-corrected chi connectivity index (χ2v) is 9.31. The van der Waals surface area contributed by atoms with Crippen LogP contribution in [0.1, 0.15) is 34.6 Å². The molecule has 0 aromatic heterocycles. The van der Waals surface area contributed by atoms with Gasteiger partial charge in [0.15, 0.2) is 49.2 Å². The average molecular weight is 615 g/mol. The average Bonchev–Trinajstić information content (AvgIpc) is 3.74. The molecule has 2 saturated heterocycles. The molecule has 0 spiro atoms. The predicted octanol–water partition coefficient (Wildman–Crippen LogP) is 1.41. The standard InChI is InChI=1S/C30H30O14/c1-3-37-27(33)23-25(43-15-41-23)29(35)39-13-21(31)19-9-5-17(6-10-19)18-7-11-20(12-8-18)22(32)14-40-30(36)26-24(42-16-44-26)28(34)38-4-2/h5-12,23-26H,3-4,13-16H2,1-2H3. The number of carbonyl (C=O) groups excluding carboxylic acids is 6. The van der Waals surface area contributed by atoms with Crippen molar-refractivity contribution in [2.45, 2.75) is 38.3 Å². The van der Waals surface area contributed by atoms with Crippen LogP contribution in [0.5, 0.6) is 0 Å². The van der Waals surface area contributed by atoms with Crippen LogP contribution in [0.2, 0.25) is 0 Å². The maximum atomic E-state index is 12.6. The Morgan fingerprint density at radius 2 is 0.818 bits per heavy atom. The molecule has 0 radical (unpaired) electrons. The summed E-state index contributed by atoms with van der Waals surface area (Å²) in [5.74, 6) is -4.31. The Morgan fingerprint density at radius 3 is 1.11 bits per heavy atom. The highest BCUT2D eigenvalue weighted by atomic mass is 16.7. The van der Waals surface area contributed by atoms with Crippen LogP contribution in [0.25, 0.3) is 11.1 Å². The molecule has 44 heavy (non-hydrogen) atoms. The van der Waals surface area contributed by atoms with E-state index < -0.39 is 73.1 Å². The van der Waals surface area contributed by atoms with Crippen LogP contribution in [-0.4, -0.2) is 99.9 Å². The lowest BCUT2D eigenvalue weighted by Crippen LogP contribution is -2.40. The fourth-order valence-electron chi connectivity index (χ4n) is 4.24. The molecule has 234 valence electrons. The zero-order valence-corrected chi connectivity index (χ0v) is 23.9. The molecule has 0 amide bonds. The van der Waals surface area contributed by atoms with Crippen LogP contribution in [0.15, 0.2) is 48.5 Å². The van der Waals surface area contributed by atoms with Crippen molar-refractivity contribution in [3.63, 3.8) is 0 Å². The molecule has 14 nitrogen and oxygen atoms in total. The zero-order valence-electron chi connectivity index (χ0n) is 23.9. The number of ether oxygens (including phenoxy) is 8. The molecule has 14 heteroatoms. The fraction of sp³-hybridized carbons (Fsp3) is 0.400. The van der Waals surface area contributed by atoms with Crippen LogP contribution >= 0.6 is 0 Å². The van der Waals surface area contributed by atoms with E-state index in [1.165, 1.54) is 0 Å². The molecule has 4 unspecified atom stereocenters. The van der Waals surface area contributed by atoms with Crippen molar-refractivity contribution in [3.05, 3.63) is 59.7 Å². The molecule has 4 rings (SSSR count). The van der Waals surface area contributed by atoms with Crippen LogP contribution in [-0.2, 0) is 57.1 Å². The number of hydrogen-bond acceptors (Lipinski definition) is 14. The van der Waals surface area contributed by atoms with Gasteiger partial charge in [0, 0.05) is 11.1 Å². The highest BCUT2D eigenvalue weighted by Crippen LogP contribution is 2.22. The van der Waals surface area contributed by atoms with E-state index in [0.717, 1.165) is 11.1 Å². The predicted molar refractivity (Wildman–Crippen MR) is 145 cm³/mol. The first-order valence-corrected chi connectivity index (χ1v) is 13.6. The Morgan fingerprint density at radius 1 is 0.523 bits per heavy atom. The summed E-state index contributed by atoms with van der Waals surface area (Å²) in [5.41, 5.74) is 2.03. The van der Waals surface area contributed by atoms with E-state index in [9.17, 15) is 28.8 Å². The smallest absolute Gasteiger partial charge is 0.339 e. The highest BCUT2D eigenvalue weighted by molar-refractivity contribution is 6.00. The summed E-state index contributed by atoms with van der Waals surface area (Å²) < 4.78 is 40.2. The van der Waals surface area contributed by atoms with Gasteiger partial charge >= 0.3 is 23.9 Å². The van der Waals surface area contributed by atoms with E-state index in [0.29, 0.717) is 0 Å². The minimum Gasteiger partial charge on any atom is -0.464 e. The van der Waals surface area contributed by atoms with Gasteiger partial charge in [0.2, 0.25) is 0 Å². The molecule has 2 fully saturated rings. The monoisotopic (exact) mass is 614 g/mol. The van der Waals surface area contributed by atoms with Gasteiger partial charge in [0.05, 0.1) is 13.2 Å². The third-order valence-electron chi connectivity index (χ3n) is 6.48. The van der Waals surface area contributed by atoms with E-state index in [2.05, 4.69) is 0 Å². The Bertz CT molecular complexity index is 1260. The number of carbonyl (C=O) groups is 6. The lowest BCUT2D eigenvalue weighted by Gasteiger charge is -2.14. The Labute approximate surface area is 251 Å². The number of Topliss-reactive ketones (excluding diaryl/α,β-unsaturated/α-hetero) is 2. The third-order valence-corrected chi connectivity index (χ3v) is 6.48. The summed E-state index contributed by atoms with van der Waals surface area (Å²) in [6.45, 7) is 1.71. The minimum atomic E-state index is -1.33. The van der Waals surface area contributed by atoms with Gasteiger partial charge in [-0.1, -0.05) is 48.5 Å². The second-order valence-electron chi connectivity index (χ2n) is 9.31. The summed E-state index contributed by atoms with van der Waals surface area (Å²) in [6.07, 6.45) is -5.18. The van der Waals surface area contributed by atoms with Crippen molar-refractivity contribution >= 4 is 35.4 Å². The van der Waals surface area contributed by atoms with E-state index in [1.807, 2.05) is 0 Å². The maximum Gasteiger partial charge on any atom is 0.339 e. The molecule has 2 aromatic carbocycles. The second kappa shape index (κ2) is 15.3. The van der Waals surface area contributed by atoms with Crippen molar-refractivity contribution in [1.82, 2.24) is 0 Å². The summed E-state index contributed by atoms with van der Waals surface area (Å²) >= 11 is 0. The van der Waals surface area contributed by atoms with Gasteiger partial charge in [0.25, 0.3) is 0 Å². The number of benzene rings is 2. The summed E-state index contributed by atoms with van der Waals surface area (Å²) in [5, 5.41) is 0. The lowest BCUT2D eigenvalue weighted by atomic mass is 10.0. The molecule has 0 saturated carbocycles. The van der Waals surface area contributed by atoms with Crippen LogP contribution in [0.3, 0.4) is 0 Å². The fourth-order valence-corrected chi connectivity index (χ4v) is 4.24. The van der Waals surface area contributed by atoms with E-state index in [4.69, 9.17) is 37.9 Å².